The van der Waals surface area contributed by atoms with Gasteiger partial charge in [0.05, 0.1) is 20.3 Å². The topological polar surface area (TPSA) is 67.8 Å². The maximum absolute atomic E-state index is 5.70. The minimum atomic E-state index is 0.642. The summed E-state index contributed by atoms with van der Waals surface area (Å²) < 4.78 is 10.8. The second kappa shape index (κ2) is 10.6. The highest BCUT2D eigenvalue weighted by atomic mass is 32.1. The van der Waals surface area contributed by atoms with Crippen LogP contribution in [0, 0.1) is 0 Å². The Morgan fingerprint density at radius 3 is 2.60 bits per heavy atom. The molecule has 1 aromatic heterocycles. The zero-order chi connectivity index (χ0) is 17.9. The summed E-state index contributed by atoms with van der Waals surface area (Å²) >= 11 is 1.73. The van der Waals surface area contributed by atoms with Crippen molar-refractivity contribution in [1.29, 1.82) is 0 Å². The number of rotatable bonds is 9. The van der Waals surface area contributed by atoms with Crippen molar-refractivity contribution < 1.29 is 9.47 Å². The van der Waals surface area contributed by atoms with Gasteiger partial charge in [-0.1, -0.05) is 6.92 Å². The molecule has 0 saturated heterocycles. The smallest absolute Gasteiger partial charge is 0.191 e. The maximum atomic E-state index is 5.70. The van der Waals surface area contributed by atoms with Crippen molar-refractivity contribution in [3.8, 4) is 11.5 Å². The number of hydrogen-bond donors (Lipinski definition) is 2. The lowest BCUT2D eigenvalue weighted by Crippen LogP contribution is -2.37. The Labute approximate surface area is 153 Å². The van der Waals surface area contributed by atoms with E-state index in [2.05, 4.69) is 27.5 Å². The van der Waals surface area contributed by atoms with Crippen LogP contribution < -0.4 is 20.1 Å². The van der Waals surface area contributed by atoms with Crippen molar-refractivity contribution in [1.82, 2.24) is 15.6 Å². The summed E-state index contributed by atoms with van der Waals surface area (Å²) in [5.41, 5.74) is 0. The van der Waals surface area contributed by atoms with E-state index in [1.807, 2.05) is 30.5 Å². The van der Waals surface area contributed by atoms with E-state index < -0.39 is 0 Å². The van der Waals surface area contributed by atoms with Gasteiger partial charge in [-0.3, -0.25) is 4.99 Å². The quantitative estimate of drug-likeness (QED) is 0.408. The summed E-state index contributed by atoms with van der Waals surface area (Å²) in [5.74, 6) is 2.45. The molecular formula is C18H26N4O2S. The molecule has 7 heteroatoms. The molecule has 25 heavy (non-hydrogen) atoms. The Balaban J connectivity index is 1.61. The number of guanidine groups is 1. The fourth-order valence-electron chi connectivity index (χ4n) is 2.11. The predicted octanol–water partition coefficient (Wildman–Crippen LogP) is 2.85. The number of hydrogen-bond acceptors (Lipinski definition) is 5. The molecule has 0 atom stereocenters. The molecule has 0 aliphatic heterocycles. The highest BCUT2D eigenvalue weighted by molar-refractivity contribution is 7.11. The lowest BCUT2D eigenvalue weighted by molar-refractivity contribution is 0.310. The van der Waals surface area contributed by atoms with Crippen LogP contribution in [0.2, 0.25) is 0 Å². The van der Waals surface area contributed by atoms with Crippen LogP contribution in [-0.4, -0.2) is 38.3 Å². The summed E-state index contributed by atoms with van der Waals surface area (Å²) in [6, 6.07) is 7.60. The van der Waals surface area contributed by atoms with E-state index in [0.717, 1.165) is 41.9 Å². The first-order chi connectivity index (χ1) is 12.2. The van der Waals surface area contributed by atoms with Crippen molar-refractivity contribution in [3.63, 3.8) is 0 Å². The lowest BCUT2D eigenvalue weighted by atomic mass is 10.3. The third kappa shape index (κ3) is 6.62. The second-order valence-corrected chi connectivity index (χ2v) is 6.50. The molecule has 0 amide bonds. The van der Waals surface area contributed by atoms with Crippen LogP contribution in [0.25, 0.3) is 0 Å². The van der Waals surface area contributed by atoms with Gasteiger partial charge in [0.15, 0.2) is 5.96 Å². The Kier molecular flexibility index (Phi) is 8.04. The Hall–Kier alpha value is -2.28. The molecule has 2 N–H and O–H groups in total. The van der Waals surface area contributed by atoms with E-state index in [1.54, 1.807) is 25.5 Å². The van der Waals surface area contributed by atoms with Gasteiger partial charge in [0, 0.05) is 24.7 Å². The zero-order valence-corrected chi connectivity index (χ0v) is 15.9. The van der Waals surface area contributed by atoms with Crippen LogP contribution in [0.3, 0.4) is 0 Å². The molecule has 0 fully saturated rings. The molecule has 0 saturated carbocycles. The Bertz CT molecular complexity index is 655. The van der Waals surface area contributed by atoms with Crippen molar-refractivity contribution in [2.75, 3.05) is 27.3 Å². The van der Waals surface area contributed by atoms with Crippen molar-refractivity contribution in [2.24, 2.45) is 4.99 Å². The van der Waals surface area contributed by atoms with Gasteiger partial charge in [-0.15, -0.1) is 11.3 Å². The third-order valence-electron chi connectivity index (χ3n) is 3.52. The first-order valence-corrected chi connectivity index (χ1v) is 9.21. The fourth-order valence-corrected chi connectivity index (χ4v) is 2.92. The molecule has 1 heterocycles. The molecule has 1 aromatic carbocycles. The van der Waals surface area contributed by atoms with Crippen LogP contribution in [-0.2, 0) is 13.0 Å². The first-order valence-electron chi connectivity index (χ1n) is 8.40. The number of aryl methyl sites for hydroxylation is 1. The van der Waals surface area contributed by atoms with Crippen molar-refractivity contribution >= 4 is 17.3 Å². The minimum Gasteiger partial charge on any atom is -0.497 e. The minimum absolute atomic E-state index is 0.642. The Morgan fingerprint density at radius 2 is 1.96 bits per heavy atom. The molecular weight excluding hydrogens is 336 g/mol. The van der Waals surface area contributed by atoms with E-state index in [9.17, 15) is 0 Å². The SMILES string of the molecule is CCc1cnc(CNC(=NC)NCCCOc2ccc(OC)cc2)s1. The molecule has 0 unspecified atom stereocenters. The Morgan fingerprint density at radius 1 is 1.20 bits per heavy atom. The molecule has 6 nitrogen and oxygen atoms in total. The number of aliphatic imine (C=N–C) groups is 1. The molecule has 136 valence electrons. The van der Waals surface area contributed by atoms with E-state index in [0.29, 0.717) is 13.2 Å². The normalized spacial score (nSPS) is 11.2. The van der Waals surface area contributed by atoms with Gasteiger partial charge < -0.3 is 20.1 Å². The lowest BCUT2D eigenvalue weighted by Gasteiger charge is -2.11. The van der Waals surface area contributed by atoms with Gasteiger partial charge in [-0.2, -0.15) is 0 Å². The van der Waals surface area contributed by atoms with Crippen LogP contribution in [0.15, 0.2) is 35.5 Å². The highest BCUT2D eigenvalue weighted by Crippen LogP contribution is 2.17. The van der Waals surface area contributed by atoms with Gasteiger partial charge in [0.25, 0.3) is 0 Å². The summed E-state index contributed by atoms with van der Waals surface area (Å²) in [6.07, 6.45) is 3.84. The van der Waals surface area contributed by atoms with Crippen LogP contribution in [0.1, 0.15) is 23.2 Å². The average Bonchev–Trinajstić information content (AvgIpc) is 3.12. The number of nitrogens with zero attached hydrogens (tertiary/aromatic N) is 2. The zero-order valence-electron chi connectivity index (χ0n) is 15.0. The van der Waals surface area contributed by atoms with E-state index >= 15 is 0 Å². The molecule has 0 spiro atoms. The second-order valence-electron chi connectivity index (χ2n) is 5.30. The number of benzene rings is 1. The van der Waals surface area contributed by atoms with E-state index in [1.165, 1.54) is 4.88 Å². The van der Waals surface area contributed by atoms with Gasteiger partial charge in [0.2, 0.25) is 0 Å². The summed E-state index contributed by atoms with van der Waals surface area (Å²) in [6.45, 7) is 4.25. The highest BCUT2D eigenvalue weighted by Gasteiger charge is 2.02. The number of nitrogens with one attached hydrogen (secondary N) is 2. The molecule has 0 bridgehead atoms. The number of methoxy groups -OCH3 is 1. The maximum Gasteiger partial charge on any atom is 0.191 e. The summed E-state index contributed by atoms with van der Waals surface area (Å²) in [7, 11) is 3.42. The van der Waals surface area contributed by atoms with Gasteiger partial charge in [-0.05, 0) is 37.1 Å². The van der Waals surface area contributed by atoms with Crippen molar-refractivity contribution in [3.05, 3.63) is 40.3 Å². The molecule has 2 aromatic rings. The monoisotopic (exact) mass is 362 g/mol. The van der Waals surface area contributed by atoms with Gasteiger partial charge in [0.1, 0.15) is 16.5 Å². The van der Waals surface area contributed by atoms with E-state index in [4.69, 9.17) is 9.47 Å². The number of ether oxygens (including phenoxy) is 2. The summed E-state index contributed by atoms with van der Waals surface area (Å²) in [4.78, 5) is 9.92. The molecule has 0 aliphatic carbocycles. The van der Waals surface area contributed by atoms with Crippen LogP contribution in [0.5, 0.6) is 11.5 Å². The average molecular weight is 362 g/mol. The van der Waals surface area contributed by atoms with E-state index in [-0.39, 0.29) is 0 Å². The largest absolute Gasteiger partial charge is 0.497 e. The number of aromatic nitrogens is 1. The first kappa shape index (κ1) is 19.1. The fraction of sp³-hybridized carbons (Fsp3) is 0.444. The summed E-state index contributed by atoms with van der Waals surface area (Å²) in [5, 5.41) is 7.63. The predicted molar refractivity (Wildman–Crippen MR) is 103 cm³/mol. The molecule has 2 rings (SSSR count). The number of thiazole rings is 1. The van der Waals surface area contributed by atoms with Crippen molar-refractivity contribution in [2.45, 2.75) is 26.3 Å². The molecule has 0 radical (unpaired) electrons. The van der Waals surface area contributed by atoms with Crippen LogP contribution >= 0.6 is 11.3 Å². The third-order valence-corrected chi connectivity index (χ3v) is 4.66. The molecule has 0 aliphatic rings. The van der Waals surface area contributed by atoms with Gasteiger partial charge >= 0.3 is 0 Å². The van der Waals surface area contributed by atoms with Crippen LogP contribution in [0.4, 0.5) is 0 Å². The standard InChI is InChI=1S/C18H26N4O2S/c1-4-16-12-21-17(25-16)13-22-18(19-2)20-10-5-11-24-15-8-6-14(23-3)7-9-15/h6-9,12H,4-5,10-11,13H2,1-3H3,(H2,19,20,22). The van der Waals surface area contributed by atoms with Gasteiger partial charge in [-0.25, -0.2) is 4.98 Å².